The molecule has 0 bridgehead atoms. The van der Waals surface area contributed by atoms with Gasteiger partial charge in [-0.3, -0.25) is 0 Å². The molecule has 0 radical (unpaired) electrons. The summed E-state index contributed by atoms with van der Waals surface area (Å²) < 4.78 is 5.52. The van der Waals surface area contributed by atoms with E-state index in [4.69, 9.17) is 4.42 Å². The Bertz CT molecular complexity index is 300. The van der Waals surface area contributed by atoms with Gasteiger partial charge in [0.2, 0.25) is 0 Å². The van der Waals surface area contributed by atoms with Crippen molar-refractivity contribution in [3.8, 4) is 0 Å². The lowest BCUT2D eigenvalue weighted by Crippen LogP contribution is -2.40. The molecule has 1 saturated heterocycles. The van der Waals surface area contributed by atoms with Gasteiger partial charge in [-0.25, -0.2) is 0 Å². The molecule has 3 nitrogen and oxygen atoms in total. The molecule has 1 N–H and O–H groups in total. The van der Waals surface area contributed by atoms with Crippen LogP contribution in [-0.4, -0.2) is 31.1 Å². The highest BCUT2D eigenvalue weighted by molar-refractivity contribution is 5.05. The zero-order chi connectivity index (χ0) is 10.7. The minimum absolute atomic E-state index is 0.659. The number of furan rings is 1. The topological polar surface area (TPSA) is 28.4 Å². The van der Waals surface area contributed by atoms with Gasteiger partial charge in [0.25, 0.3) is 0 Å². The summed E-state index contributed by atoms with van der Waals surface area (Å²) in [5.41, 5.74) is 0. The SMILES string of the molecule is Cc1ccc(CNC2CCN(C)CC2)o1. The number of hydrogen-bond acceptors (Lipinski definition) is 3. The van der Waals surface area contributed by atoms with E-state index < -0.39 is 0 Å². The maximum absolute atomic E-state index is 5.52. The number of nitrogens with zero attached hydrogens (tertiary/aromatic N) is 1. The molecule has 0 amide bonds. The average molecular weight is 208 g/mol. The third-order valence-corrected chi connectivity index (χ3v) is 3.08. The Kier molecular flexibility index (Phi) is 3.44. The molecule has 2 rings (SSSR count). The van der Waals surface area contributed by atoms with E-state index >= 15 is 0 Å². The van der Waals surface area contributed by atoms with Gasteiger partial charge in [-0.05, 0) is 52.0 Å². The molecule has 0 aliphatic carbocycles. The molecule has 0 spiro atoms. The Balaban J connectivity index is 1.74. The van der Waals surface area contributed by atoms with Crippen molar-refractivity contribution in [2.45, 2.75) is 32.4 Å². The average Bonchev–Trinajstić information content (AvgIpc) is 2.64. The lowest BCUT2D eigenvalue weighted by atomic mass is 10.1. The smallest absolute Gasteiger partial charge is 0.117 e. The molecular formula is C12H20N2O. The fraction of sp³-hybridized carbons (Fsp3) is 0.667. The molecule has 2 heterocycles. The van der Waals surface area contributed by atoms with E-state index in [2.05, 4.69) is 23.3 Å². The van der Waals surface area contributed by atoms with Crippen LogP contribution in [0.4, 0.5) is 0 Å². The fourth-order valence-electron chi connectivity index (χ4n) is 2.04. The molecule has 1 fully saturated rings. The molecule has 84 valence electrons. The van der Waals surface area contributed by atoms with Gasteiger partial charge in [0, 0.05) is 6.04 Å². The van der Waals surface area contributed by atoms with Gasteiger partial charge < -0.3 is 14.6 Å². The third kappa shape index (κ3) is 3.08. The molecule has 0 unspecified atom stereocenters. The second-order valence-electron chi connectivity index (χ2n) is 4.47. The van der Waals surface area contributed by atoms with Crippen LogP contribution in [0, 0.1) is 6.92 Å². The van der Waals surface area contributed by atoms with E-state index in [1.54, 1.807) is 0 Å². The summed E-state index contributed by atoms with van der Waals surface area (Å²) in [5, 5.41) is 3.55. The zero-order valence-corrected chi connectivity index (χ0v) is 9.62. The Hall–Kier alpha value is -0.800. The van der Waals surface area contributed by atoms with Gasteiger partial charge in [0.15, 0.2) is 0 Å². The van der Waals surface area contributed by atoms with Crippen molar-refractivity contribution in [2.24, 2.45) is 0 Å². The summed E-state index contributed by atoms with van der Waals surface area (Å²) in [6, 6.07) is 4.73. The predicted octanol–water partition coefficient (Wildman–Crippen LogP) is 1.77. The fourth-order valence-corrected chi connectivity index (χ4v) is 2.04. The van der Waals surface area contributed by atoms with Crippen LogP contribution in [0.1, 0.15) is 24.4 Å². The summed E-state index contributed by atoms with van der Waals surface area (Å²) in [5.74, 6) is 2.04. The van der Waals surface area contributed by atoms with Crippen LogP contribution in [0.15, 0.2) is 16.5 Å². The van der Waals surface area contributed by atoms with Crippen LogP contribution < -0.4 is 5.32 Å². The lowest BCUT2D eigenvalue weighted by Gasteiger charge is -2.29. The van der Waals surface area contributed by atoms with Crippen LogP contribution in [0.5, 0.6) is 0 Å². The number of nitrogens with one attached hydrogen (secondary N) is 1. The molecule has 15 heavy (non-hydrogen) atoms. The van der Waals surface area contributed by atoms with Crippen LogP contribution in [0.3, 0.4) is 0 Å². The number of piperidine rings is 1. The van der Waals surface area contributed by atoms with Gasteiger partial charge in [-0.1, -0.05) is 0 Å². The lowest BCUT2D eigenvalue weighted by molar-refractivity contribution is 0.231. The maximum Gasteiger partial charge on any atom is 0.117 e. The Morgan fingerprint density at radius 1 is 1.40 bits per heavy atom. The first-order valence-corrected chi connectivity index (χ1v) is 5.71. The molecule has 0 aromatic carbocycles. The maximum atomic E-state index is 5.52. The minimum atomic E-state index is 0.659. The van der Waals surface area contributed by atoms with Crippen LogP contribution in [0.25, 0.3) is 0 Å². The normalized spacial score (nSPS) is 19.6. The molecule has 3 heteroatoms. The summed E-state index contributed by atoms with van der Waals surface area (Å²) >= 11 is 0. The first-order valence-electron chi connectivity index (χ1n) is 5.71. The van der Waals surface area contributed by atoms with E-state index in [0.29, 0.717) is 6.04 Å². The van der Waals surface area contributed by atoms with Crippen molar-refractivity contribution in [3.05, 3.63) is 23.7 Å². The van der Waals surface area contributed by atoms with E-state index in [-0.39, 0.29) is 0 Å². The zero-order valence-electron chi connectivity index (χ0n) is 9.62. The quantitative estimate of drug-likeness (QED) is 0.820. The van der Waals surface area contributed by atoms with Gasteiger partial charge in [-0.2, -0.15) is 0 Å². The number of hydrogen-bond donors (Lipinski definition) is 1. The summed E-state index contributed by atoms with van der Waals surface area (Å²) in [6.45, 7) is 5.25. The highest BCUT2D eigenvalue weighted by atomic mass is 16.3. The minimum Gasteiger partial charge on any atom is -0.465 e. The largest absolute Gasteiger partial charge is 0.465 e. The van der Waals surface area contributed by atoms with E-state index in [9.17, 15) is 0 Å². The number of aryl methyl sites for hydroxylation is 1. The van der Waals surface area contributed by atoms with Crippen LogP contribution in [-0.2, 0) is 6.54 Å². The summed E-state index contributed by atoms with van der Waals surface area (Å²) in [6.07, 6.45) is 2.49. The van der Waals surface area contributed by atoms with E-state index in [0.717, 1.165) is 18.1 Å². The second-order valence-corrected chi connectivity index (χ2v) is 4.47. The molecular weight excluding hydrogens is 188 g/mol. The highest BCUT2D eigenvalue weighted by Gasteiger charge is 2.15. The Morgan fingerprint density at radius 2 is 2.13 bits per heavy atom. The first kappa shape index (κ1) is 10.7. The van der Waals surface area contributed by atoms with Crippen molar-refractivity contribution in [1.29, 1.82) is 0 Å². The third-order valence-electron chi connectivity index (χ3n) is 3.08. The van der Waals surface area contributed by atoms with Gasteiger partial charge in [-0.15, -0.1) is 0 Å². The van der Waals surface area contributed by atoms with Crippen molar-refractivity contribution >= 4 is 0 Å². The summed E-state index contributed by atoms with van der Waals surface area (Å²) in [7, 11) is 2.19. The number of likely N-dealkylation sites (tertiary alicyclic amines) is 1. The van der Waals surface area contributed by atoms with Gasteiger partial charge in [0.05, 0.1) is 6.54 Å². The van der Waals surface area contributed by atoms with Gasteiger partial charge in [0.1, 0.15) is 11.5 Å². The molecule has 1 aromatic rings. The van der Waals surface area contributed by atoms with E-state index in [1.807, 2.05) is 13.0 Å². The first-order chi connectivity index (χ1) is 7.24. The molecule has 0 atom stereocenters. The van der Waals surface area contributed by atoms with Crippen molar-refractivity contribution in [2.75, 3.05) is 20.1 Å². The molecule has 0 saturated carbocycles. The highest BCUT2D eigenvalue weighted by Crippen LogP contribution is 2.10. The summed E-state index contributed by atoms with van der Waals surface area (Å²) in [4.78, 5) is 2.38. The van der Waals surface area contributed by atoms with E-state index in [1.165, 1.54) is 25.9 Å². The van der Waals surface area contributed by atoms with Crippen molar-refractivity contribution in [1.82, 2.24) is 10.2 Å². The van der Waals surface area contributed by atoms with Crippen molar-refractivity contribution in [3.63, 3.8) is 0 Å². The molecule has 1 aromatic heterocycles. The predicted molar refractivity (Wildman–Crippen MR) is 60.8 cm³/mol. The second kappa shape index (κ2) is 4.81. The monoisotopic (exact) mass is 208 g/mol. The van der Waals surface area contributed by atoms with Crippen LogP contribution in [0.2, 0.25) is 0 Å². The Morgan fingerprint density at radius 3 is 2.73 bits per heavy atom. The molecule has 1 aliphatic heterocycles. The van der Waals surface area contributed by atoms with Crippen molar-refractivity contribution < 1.29 is 4.42 Å². The van der Waals surface area contributed by atoms with Gasteiger partial charge >= 0.3 is 0 Å². The number of rotatable bonds is 3. The van der Waals surface area contributed by atoms with Crippen LogP contribution >= 0.6 is 0 Å². The Labute approximate surface area is 91.4 Å². The molecule has 1 aliphatic rings. The standard InChI is InChI=1S/C12H20N2O/c1-10-3-4-12(15-10)9-13-11-5-7-14(2)8-6-11/h3-4,11,13H,5-9H2,1-2H3.